The largest absolute Gasteiger partial charge is 0.297 e. The van der Waals surface area contributed by atoms with Crippen molar-refractivity contribution in [2.24, 2.45) is 0 Å². The molecule has 0 atom stereocenters. The highest BCUT2D eigenvalue weighted by atomic mass is 32.1. The second-order valence-electron chi connectivity index (χ2n) is 3.72. The molecule has 2 aromatic heterocycles. The van der Waals surface area contributed by atoms with Gasteiger partial charge in [-0.3, -0.25) is 10.1 Å². The van der Waals surface area contributed by atoms with Crippen molar-refractivity contribution in [1.82, 2.24) is 9.36 Å². The maximum Gasteiger partial charge on any atom is 0.257 e. The SMILES string of the molecule is O=C(Nc1nc(-c2cccs2)ns1)c1ccccc1. The standard InChI is InChI=1S/C13H9N3OS2/c17-12(9-5-2-1-3-6-9)15-13-14-11(16-19-13)10-7-4-8-18-10/h1-8H,(H,14,15,16,17). The summed E-state index contributed by atoms with van der Waals surface area (Å²) in [5, 5.41) is 5.23. The molecule has 3 rings (SSSR count). The topological polar surface area (TPSA) is 54.9 Å². The van der Waals surface area contributed by atoms with Crippen molar-refractivity contribution in [1.29, 1.82) is 0 Å². The third-order valence-electron chi connectivity index (χ3n) is 2.42. The molecule has 19 heavy (non-hydrogen) atoms. The van der Waals surface area contributed by atoms with Gasteiger partial charge in [0.15, 0.2) is 5.82 Å². The summed E-state index contributed by atoms with van der Waals surface area (Å²) in [6.45, 7) is 0. The van der Waals surface area contributed by atoms with Crippen molar-refractivity contribution in [3.05, 3.63) is 53.4 Å². The molecule has 0 aliphatic carbocycles. The first-order valence-corrected chi connectivity index (χ1v) is 7.22. The first-order valence-electron chi connectivity index (χ1n) is 5.57. The fourth-order valence-electron chi connectivity index (χ4n) is 1.54. The molecule has 0 saturated carbocycles. The Labute approximate surface area is 117 Å². The number of hydrogen-bond donors (Lipinski definition) is 1. The highest BCUT2D eigenvalue weighted by Crippen LogP contribution is 2.25. The highest BCUT2D eigenvalue weighted by Gasteiger charge is 2.11. The first kappa shape index (κ1) is 12.0. The minimum Gasteiger partial charge on any atom is -0.297 e. The fourth-order valence-corrected chi connectivity index (χ4v) is 2.83. The summed E-state index contributed by atoms with van der Waals surface area (Å²) >= 11 is 2.76. The quantitative estimate of drug-likeness (QED) is 0.802. The molecule has 6 heteroatoms. The van der Waals surface area contributed by atoms with Crippen LogP contribution < -0.4 is 5.32 Å². The van der Waals surface area contributed by atoms with Gasteiger partial charge in [0, 0.05) is 17.1 Å². The summed E-state index contributed by atoms with van der Waals surface area (Å²) < 4.78 is 4.23. The van der Waals surface area contributed by atoms with Crippen LogP contribution in [0.25, 0.3) is 10.7 Å². The molecule has 3 aromatic rings. The van der Waals surface area contributed by atoms with Gasteiger partial charge in [-0.05, 0) is 23.6 Å². The van der Waals surface area contributed by atoms with Crippen molar-refractivity contribution in [3.63, 3.8) is 0 Å². The Bertz CT molecular complexity index is 677. The molecule has 0 aliphatic heterocycles. The number of amides is 1. The monoisotopic (exact) mass is 287 g/mol. The van der Waals surface area contributed by atoms with Gasteiger partial charge in [-0.1, -0.05) is 24.3 Å². The Morgan fingerprint density at radius 3 is 2.68 bits per heavy atom. The zero-order valence-corrected chi connectivity index (χ0v) is 11.4. The summed E-state index contributed by atoms with van der Waals surface area (Å²) in [6.07, 6.45) is 0. The molecular formula is C13H9N3OS2. The van der Waals surface area contributed by atoms with Gasteiger partial charge in [0.1, 0.15) is 0 Å². The second-order valence-corrected chi connectivity index (χ2v) is 5.42. The van der Waals surface area contributed by atoms with E-state index in [1.807, 2.05) is 35.7 Å². The van der Waals surface area contributed by atoms with E-state index >= 15 is 0 Å². The predicted octanol–water partition coefficient (Wildman–Crippen LogP) is 3.52. The predicted molar refractivity (Wildman–Crippen MR) is 77.6 cm³/mol. The van der Waals surface area contributed by atoms with Crippen molar-refractivity contribution < 1.29 is 4.79 Å². The van der Waals surface area contributed by atoms with Gasteiger partial charge < -0.3 is 0 Å². The maximum atomic E-state index is 11.9. The molecule has 0 aliphatic rings. The molecule has 0 saturated heterocycles. The van der Waals surface area contributed by atoms with Gasteiger partial charge in [0.05, 0.1) is 4.88 Å². The number of benzene rings is 1. The van der Waals surface area contributed by atoms with Crippen molar-refractivity contribution in [2.75, 3.05) is 5.32 Å². The number of aromatic nitrogens is 2. The Morgan fingerprint density at radius 2 is 1.95 bits per heavy atom. The molecule has 94 valence electrons. The van der Waals surface area contributed by atoms with Crippen LogP contribution in [-0.4, -0.2) is 15.3 Å². The lowest BCUT2D eigenvalue weighted by molar-refractivity contribution is 0.102. The van der Waals surface area contributed by atoms with E-state index in [0.717, 1.165) is 4.88 Å². The van der Waals surface area contributed by atoms with Crippen LogP contribution >= 0.6 is 22.9 Å². The van der Waals surface area contributed by atoms with E-state index in [2.05, 4.69) is 14.7 Å². The molecule has 0 fully saturated rings. The Hall–Kier alpha value is -2.05. The third-order valence-corrected chi connectivity index (χ3v) is 3.92. The van der Waals surface area contributed by atoms with Crippen LogP contribution in [0.5, 0.6) is 0 Å². The number of rotatable bonds is 3. The van der Waals surface area contributed by atoms with Gasteiger partial charge in [0.25, 0.3) is 5.91 Å². The number of nitrogens with one attached hydrogen (secondary N) is 1. The zero-order chi connectivity index (χ0) is 13.1. The van der Waals surface area contributed by atoms with E-state index in [9.17, 15) is 4.79 Å². The summed E-state index contributed by atoms with van der Waals surface area (Å²) in [4.78, 5) is 17.2. The molecule has 1 N–H and O–H groups in total. The molecule has 1 amide bonds. The summed E-state index contributed by atoms with van der Waals surface area (Å²) in [5.41, 5.74) is 0.607. The minimum absolute atomic E-state index is 0.172. The average Bonchev–Trinajstić information content (AvgIpc) is 3.10. The lowest BCUT2D eigenvalue weighted by Crippen LogP contribution is -2.11. The van der Waals surface area contributed by atoms with E-state index in [0.29, 0.717) is 16.5 Å². The maximum absolute atomic E-state index is 11.9. The number of carbonyl (C=O) groups is 1. The molecule has 2 heterocycles. The molecule has 0 spiro atoms. The first-order chi connectivity index (χ1) is 9.33. The number of thiophene rings is 1. The molecule has 1 aromatic carbocycles. The van der Waals surface area contributed by atoms with Gasteiger partial charge >= 0.3 is 0 Å². The molecule has 0 radical (unpaired) electrons. The zero-order valence-electron chi connectivity index (χ0n) is 9.74. The van der Waals surface area contributed by atoms with E-state index in [1.54, 1.807) is 23.5 Å². The van der Waals surface area contributed by atoms with Crippen LogP contribution in [0.3, 0.4) is 0 Å². The summed E-state index contributed by atoms with van der Waals surface area (Å²) in [7, 11) is 0. The Kier molecular flexibility index (Phi) is 3.35. The van der Waals surface area contributed by atoms with Crippen LogP contribution in [-0.2, 0) is 0 Å². The third kappa shape index (κ3) is 2.69. The highest BCUT2D eigenvalue weighted by molar-refractivity contribution is 7.14. The lowest BCUT2D eigenvalue weighted by atomic mass is 10.2. The van der Waals surface area contributed by atoms with E-state index in [1.165, 1.54) is 11.5 Å². The Balaban J connectivity index is 1.76. The number of hydrogen-bond acceptors (Lipinski definition) is 5. The van der Waals surface area contributed by atoms with Crippen LogP contribution in [0, 0.1) is 0 Å². The minimum atomic E-state index is -0.172. The summed E-state index contributed by atoms with van der Waals surface area (Å²) in [6, 6.07) is 12.9. The van der Waals surface area contributed by atoms with Crippen LogP contribution in [0.4, 0.5) is 5.13 Å². The van der Waals surface area contributed by atoms with Crippen LogP contribution in [0.2, 0.25) is 0 Å². The normalized spacial score (nSPS) is 10.3. The molecule has 4 nitrogen and oxygen atoms in total. The lowest BCUT2D eigenvalue weighted by Gasteiger charge is -1.99. The second kappa shape index (κ2) is 5.29. The van der Waals surface area contributed by atoms with Gasteiger partial charge in [0.2, 0.25) is 5.13 Å². The van der Waals surface area contributed by atoms with Crippen molar-refractivity contribution in [2.45, 2.75) is 0 Å². The number of nitrogens with zero attached hydrogens (tertiary/aromatic N) is 2. The number of anilines is 1. The van der Waals surface area contributed by atoms with E-state index < -0.39 is 0 Å². The fraction of sp³-hybridized carbons (Fsp3) is 0. The van der Waals surface area contributed by atoms with E-state index in [-0.39, 0.29) is 5.91 Å². The summed E-state index contributed by atoms with van der Waals surface area (Å²) in [5.74, 6) is 0.484. The van der Waals surface area contributed by atoms with Crippen molar-refractivity contribution in [3.8, 4) is 10.7 Å². The number of carbonyl (C=O) groups excluding carboxylic acids is 1. The molecular weight excluding hydrogens is 278 g/mol. The van der Waals surface area contributed by atoms with Gasteiger partial charge in [-0.25, -0.2) is 0 Å². The smallest absolute Gasteiger partial charge is 0.257 e. The van der Waals surface area contributed by atoms with Crippen molar-refractivity contribution >= 4 is 33.9 Å². The average molecular weight is 287 g/mol. The molecule has 0 bridgehead atoms. The molecule has 0 unspecified atom stereocenters. The van der Waals surface area contributed by atoms with E-state index in [4.69, 9.17) is 0 Å². The van der Waals surface area contributed by atoms with Crippen LogP contribution in [0.1, 0.15) is 10.4 Å². The van der Waals surface area contributed by atoms with Crippen LogP contribution in [0.15, 0.2) is 47.8 Å². The van der Waals surface area contributed by atoms with Gasteiger partial charge in [-0.15, -0.1) is 11.3 Å². The Morgan fingerprint density at radius 1 is 1.11 bits per heavy atom. The van der Waals surface area contributed by atoms with Gasteiger partial charge in [-0.2, -0.15) is 9.36 Å².